The van der Waals surface area contributed by atoms with Crippen molar-refractivity contribution in [3.63, 3.8) is 0 Å². The molecule has 0 saturated carbocycles. The highest BCUT2D eigenvalue weighted by Gasteiger charge is 2.23. The van der Waals surface area contributed by atoms with Gasteiger partial charge < -0.3 is 0 Å². The summed E-state index contributed by atoms with van der Waals surface area (Å²) in [5.74, 6) is -0.0332. The molecule has 0 spiro atoms. The van der Waals surface area contributed by atoms with Gasteiger partial charge in [-0.3, -0.25) is 9.35 Å². The van der Waals surface area contributed by atoms with Crippen molar-refractivity contribution in [3.05, 3.63) is 0 Å². The summed E-state index contributed by atoms with van der Waals surface area (Å²) in [5.41, 5.74) is 0. The van der Waals surface area contributed by atoms with E-state index in [1.165, 1.54) is 0 Å². The molecule has 0 aliphatic carbocycles. The van der Waals surface area contributed by atoms with Crippen LogP contribution < -0.4 is 0 Å². The lowest BCUT2D eigenvalue weighted by Gasteiger charge is -2.21. The second kappa shape index (κ2) is 6.35. The third-order valence-electron chi connectivity index (χ3n) is 2.55. The number of carbonyl (C=O) groups excluding carboxylic acids is 1. The Bertz CT molecular complexity index is 317. The molecule has 1 atom stereocenters. The summed E-state index contributed by atoms with van der Waals surface area (Å²) in [6, 6.07) is 0. The van der Waals surface area contributed by atoms with E-state index in [1.54, 1.807) is 0 Å². The van der Waals surface area contributed by atoms with Crippen LogP contribution in [0.1, 0.15) is 40.5 Å². The van der Waals surface area contributed by atoms with Crippen molar-refractivity contribution in [2.45, 2.75) is 40.5 Å². The molecule has 1 N–H and O–H groups in total. The Morgan fingerprint density at radius 2 is 1.69 bits per heavy atom. The predicted molar refractivity (Wildman–Crippen MR) is 63.8 cm³/mol. The van der Waals surface area contributed by atoms with Crippen molar-refractivity contribution in [2.75, 3.05) is 5.75 Å². The predicted octanol–water partition coefficient (Wildman–Crippen LogP) is 2.15. The molecule has 16 heavy (non-hydrogen) atoms. The van der Waals surface area contributed by atoms with Gasteiger partial charge in [-0.15, -0.1) is 0 Å². The Balaban J connectivity index is 4.40. The van der Waals surface area contributed by atoms with E-state index < -0.39 is 15.9 Å². The molecule has 0 saturated heterocycles. The molecule has 0 radical (unpaired) electrons. The highest BCUT2D eigenvalue weighted by molar-refractivity contribution is 7.85. The first-order valence-corrected chi connectivity index (χ1v) is 7.22. The van der Waals surface area contributed by atoms with Gasteiger partial charge in [-0.25, -0.2) is 0 Å². The summed E-state index contributed by atoms with van der Waals surface area (Å²) in [6.07, 6.45) is 0.677. The zero-order valence-corrected chi connectivity index (χ0v) is 11.3. The normalized spacial score (nSPS) is 14.4. The van der Waals surface area contributed by atoms with Crippen molar-refractivity contribution >= 4 is 15.9 Å². The quantitative estimate of drug-likeness (QED) is 0.703. The Kier molecular flexibility index (Phi) is 6.18. The van der Waals surface area contributed by atoms with Gasteiger partial charge in [0.25, 0.3) is 10.1 Å². The van der Waals surface area contributed by atoms with Crippen molar-refractivity contribution < 1.29 is 17.8 Å². The summed E-state index contributed by atoms with van der Waals surface area (Å²) < 4.78 is 29.7. The number of hydrogen-bond donors (Lipinski definition) is 1. The monoisotopic (exact) mass is 250 g/mol. The van der Waals surface area contributed by atoms with Gasteiger partial charge in [-0.05, 0) is 18.3 Å². The average Bonchev–Trinajstić information content (AvgIpc) is 2.08. The Morgan fingerprint density at radius 1 is 1.19 bits per heavy atom. The molecule has 96 valence electrons. The fourth-order valence-corrected chi connectivity index (χ4v) is 2.16. The fraction of sp³-hybridized carbons (Fsp3) is 0.909. The van der Waals surface area contributed by atoms with Crippen LogP contribution >= 0.6 is 0 Å². The average molecular weight is 250 g/mol. The number of hydrogen-bond acceptors (Lipinski definition) is 3. The molecular formula is C11H22O4S. The highest BCUT2D eigenvalue weighted by atomic mass is 32.2. The van der Waals surface area contributed by atoms with E-state index in [1.807, 2.05) is 27.7 Å². The first-order chi connectivity index (χ1) is 7.13. The van der Waals surface area contributed by atoms with E-state index in [0.29, 0.717) is 5.92 Å². The maximum absolute atomic E-state index is 11.8. The van der Waals surface area contributed by atoms with Crippen LogP contribution in [0.3, 0.4) is 0 Å². The number of Topliss-reactive ketones (excluding diaryl/α,β-unsaturated/α-hetero) is 1. The fourth-order valence-electron chi connectivity index (χ4n) is 1.70. The van der Waals surface area contributed by atoms with Crippen LogP contribution in [0.2, 0.25) is 0 Å². The molecule has 5 heteroatoms. The summed E-state index contributed by atoms with van der Waals surface area (Å²) >= 11 is 0. The zero-order chi connectivity index (χ0) is 12.9. The van der Waals surface area contributed by atoms with Gasteiger partial charge in [-0.2, -0.15) is 8.42 Å². The zero-order valence-electron chi connectivity index (χ0n) is 10.4. The SMILES string of the molecule is CC(C)CC(C(=O)CCS(=O)(=O)O)C(C)C. The Labute approximate surface area is 98.2 Å². The molecular weight excluding hydrogens is 228 g/mol. The molecule has 4 nitrogen and oxygen atoms in total. The lowest BCUT2D eigenvalue weighted by Crippen LogP contribution is -2.24. The van der Waals surface area contributed by atoms with E-state index in [0.717, 1.165) is 6.42 Å². The molecule has 0 aromatic heterocycles. The van der Waals surface area contributed by atoms with E-state index in [-0.39, 0.29) is 24.0 Å². The first kappa shape index (κ1) is 15.6. The lowest BCUT2D eigenvalue weighted by molar-refractivity contribution is -0.124. The standard InChI is InChI=1S/C11H22O4S/c1-8(2)7-10(9(3)4)11(12)5-6-16(13,14)15/h8-10H,5-7H2,1-4H3,(H,13,14,15). The third-order valence-corrected chi connectivity index (χ3v) is 3.27. The molecule has 0 aliphatic rings. The maximum atomic E-state index is 11.8. The Hall–Kier alpha value is -0.420. The number of carbonyl (C=O) groups is 1. The second-order valence-electron chi connectivity index (χ2n) is 4.98. The van der Waals surface area contributed by atoms with Gasteiger partial charge in [0, 0.05) is 12.3 Å². The van der Waals surface area contributed by atoms with E-state index in [4.69, 9.17) is 4.55 Å². The third kappa shape index (κ3) is 6.95. The van der Waals surface area contributed by atoms with E-state index in [2.05, 4.69) is 0 Å². The molecule has 0 rings (SSSR count). The van der Waals surface area contributed by atoms with Gasteiger partial charge in [0.15, 0.2) is 0 Å². The van der Waals surface area contributed by atoms with E-state index >= 15 is 0 Å². The van der Waals surface area contributed by atoms with E-state index in [9.17, 15) is 13.2 Å². The smallest absolute Gasteiger partial charge is 0.265 e. The Morgan fingerprint density at radius 3 is 2.00 bits per heavy atom. The largest absolute Gasteiger partial charge is 0.299 e. The molecule has 0 fully saturated rings. The summed E-state index contributed by atoms with van der Waals surface area (Å²) in [5, 5.41) is 0. The summed E-state index contributed by atoms with van der Waals surface area (Å²) in [4.78, 5) is 11.8. The van der Waals surface area contributed by atoms with Crippen LogP contribution in [0.25, 0.3) is 0 Å². The van der Waals surface area contributed by atoms with Crippen molar-refractivity contribution in [3.8, 4) is 0 Å². The van der Waals surface area contributed by atoms with Crippen LogP contribution in [-0.4, -0.2) is 24.5 Å². The second-order valence-corrected chi connectivity index (χ2v) is 6.55. The van der Waals surface area contributed by atoms with Crippen LogP contribution in [-0.2, 0) is 14.9 Å². The molecule has 1 unspecified atom stereocenters. The lowest BCUT2D eigenvalue weighted by atomic mass is 9.83. The molecule has 0 aliphatic heterocycles. The minimum atomic E-state index is -4.03. The minimum Gasteiger partial charge on any atom is -0.299 e. The minimum absolute atomic E-state index is 0.0682. The van der Waals surface area contributed by atoms with Gasteiger partial charge in [0.2, 0.25) is 0 Å². The van der Waals surface area contributed by atoms with Gasteiger partial charge in [0.1, 0.15) is 5.78 Å². The summed E-state index contributed by atoms with van der Waals surface area (Å²) in [6.45, 7) is 7.98. The first-order valence-electron chi connectivity index (χ1n) is 5.61. The van der Waals surface area contributed by atoms with Crippen LogP contribution in [0.4, 0.5) is 0 Å². The summed E-state index contributed by atoms with van der Waals surface area (Å²) in [7, 11) is -4.03. The van der Waals surface area contributed by atoms with Crippen LogP contribution in [0, 0.1) is 17.8 Å². The van der Waals surface area contributed by atoms with Crippen molar-refractivity contribution in [1.29, 1.82) is 0 Å². The highest BCUT2D eigenvalue weighted by Crippen LogP contribution is 2.22. The topological polar surface area (TPSA) is 71.4 Å². The van der Waals surface area contributed by atoms with Crippen molar-refractivity contribution in [2.24, 2.45) is 17.8 Å². The molecule has 0 aromatic rings. The van der Waals surface area contributed by atoms with Gasteiger partial charge in [-0.1, -0.05) is 27.7 Å². The van der Waals surface area contributed by atoms with Crippen molar-refractivity contribution in [1.82, 2.24) is 0 Å². The molecule has 0 aromatic carbocycles. The van der Waals surface area contributed by atoms with Crippen LogP contribution in [0.5, 0.6) is 0 Å². The molecule has 0 amide bonds. The number of ketones is 1. The number of rotatable bonds is 7. The van der Waals surface area contributed by atoms with Gasteiger partial charge >= 0.3 is 0 Å². The van der Waals surface area contributed by atoms with Crippen LogP contribution in [0.15, 0.2) is 0 Å². The van der Waals surface area contributed by atoms with Gasteiger partial charge in [0.05, 0.1) is 5.75 Å². The molecule has 0 heterocycles. The maximum Gasteiger partial charge on any atom is 0.265 e. The molecule has 0 bridgehead atoms.